The summed E-state index contributed by atoms with van der Waals surface area (Å²) >= 11 is 1.29. The summed E-state index contributed by atoms with van der Waals surface area (Å²) in [5.74, 6) is -0.358. The summed E-state index contributed by atoms with van der Waals surface area (Å²) < 4.78 is 13.6. The minimum absolute atomic E-state index is 0.358. The molecule has 0 amide bonds. The number of aromatic nitrogens is 1. The zero-order valence-electron chi connectivity index (χ0n) is 8.99. The number of hydrogen-bond donors (Lipinski definition) is 2. The molecule has 2 rings (SSSR count). The Hall–Kier alpha value is -2.00. The molecule has 0 radical (unpaired) electrons. The number of rotatable bonds is 1. The fourth-order valence-corrected chi connectivity index (χ4v) is 1.81. The van der Waals surface area contributed by atoms with Gasteiger partial charge in [0.2, 0.25) is 0 Å². The van der Waals surface area contributed by atoms with E-state index in [1.54, 1.807) is 30.8 Å². The van der Waals surface area contributed by atoms with Crippen LogP contribution in [0, 0.1) is 17.3 Å². The zero-order chi connectivity index (χ0) is 12.3. The lowest BCUT2D eigenvalue weighted by molar-refractivity contribution is 0.637. The van der Waals surface area contributed by atoms with E-state index in [0.29, 0.717) is 16.4 Å². The Bertz CT molecular complexity index is 611. The van der Waals surface area contributed by atoms with Gasteiger partial charge < -0.3 is 4.98 Å². The Morgan fingerprint density at radius 1 is 1.59 bits per heavy atom. The van der Waals surface area contributed by atoms with E-state index in [9.17, 15) is 4.39 Å². The first-order chi connectivity index (χ1) is 8.24. The molecule has 0 unspecified atom stereocenters. The Labute approximate surface area is 102 Å². The van der Waals surface area contributed by atoms with Crippen LogP contribution in [0.2, 0.25) is 0 Å². The van der Waals surface area contributed by atoms with Crippen molar-refractivity contribution in [1.29, 1.82) is 5.26 Å². The van der Waals surface area contributed by atoms with Gasteiger partial charge in [-0.05, 0) is 18.4 Å². The van der Waals surface area contributed by atoms with Crippen molar-refractivity contribution in [3.8, 4) is 6.19 Å². The van der Waals surface area contributed by atoms with E-state index in [0.717, 1.165) is 5.39 Å². The van der Waals surface area contributed by atoms with Crippen molar-refractivity contribution in [3.63, 3.8) is 0 Å². The lowest BCUT2D eigenvalue weighted by Crippen LogP contribution is -2.12. The van der Waals surface area contributed by atoms with Crippen molar-refractivity contribution < 1.29 is 4.39 Å². The number of hydrogen-bond acceptors (Lipinski definition) is 3. The summed E-state index contributed by atoms with van der Waals surface area (Å²) in [6.07, 6.45) is 5.24. The molecule has 0 saturated carbocycles. The molecule has 6 heteroatoms. The number of H-pyrrole nitrogens is 1. The molecular formula is C11H9FN4S. The Kier molecular flexibility index (Phi) is 3.30. The lowest BCUT2D eigenvalue weighted by atomic mass is 10.2. The molecule has 0 atom stereocenters. The van der Waals surface area contributed by atoms with Gasteiger partial charge in [-0.3, -0.25) is 5.32 Å². The molecule has 2 aromatic rings. The van der Waals surface area contributed by atoms with Crippen LogP contribution in [-0.4, -0.2) is 16.4 Å². The van der Waals surface area contributed by atoms with E-state index >= 15 is 0 Å². The molecule has 86 valence electrons. The van der Waals surface area contributed by atoms with Crippen LogP contribution in [0.3, 0.4) is 0 Å². The third-order valence-corrected chi connectivity index (χ3v) is 2.76. The van der Waals surface area contributed by atoms with Crippen LogP contribution in [0.15, 0.2) is 29.4 Å². The van der Waals surface area contributed by atoms with Gasteiger partial charge in [0.05, 0.1) is 11.2 Å². The minimum Gasteiger partial charge on any atom is -0.359 e. The van der Waals surface area contributed by atoms with E-state index in [1.165, 1.54) is 17.8 Å². The fourth-order valence-electron chi connectivity index (χ4n) is 1.47. The molecule has 0 spiro atoms. The maximum atomic E-state index is 13.6. The first-order valence-corrected chi connectivity index (χ1v) is 6.01. The molecular weight excluding hydrogens is 239 g/mol. The van der Waals surface area contributed by atoms with Crippen LogP contribution >= 0.6 is 11.8 Å². The second kappa shape index (κ2) is 4.89. The number of thioether (sulfide) groups is 1. The molecule has 0 bridgehead atoms. The molecule has 1 aromatic carbocycles. The first-order valence-electron chi connectivity index (χ1n) is 4.79. The SMILES string of the molecule is CSC(=Nc1cc(F)c2[nH]ccc2c1)NC#N. The van der Waals surface area contributed by atoms with Crippen molar-refractivity contribution in [3.05, 3.63) is 30.2 Å². The van der Waals surface area contributed by atoms with E-state index < -0.39 is 0 Å². The van der Waals surface area contributed by atoms with Gasteiger partial charge in [-0.2, -0.15) is 5.26 Å². The summed E-state index contributed by atoms with van der Waals surface area (Å²) in [5.41, 5.74) is 0.935. The largest absolute Gasteiger partial charge is 0.359 e. The van der Waals surface area contributed by atoms with Crippen LogP contribution < -0.4 is 5.32 Å². The number of nitriles is 1. The fraction of sp³-hybridized carbons (Fsp3) is 0.0909. The van der Waals surface area contributed by atoms with Crippen LogP contribution in [0.5, 0.6) is 0 Å². The molecule has 2 N–H and O–H groups in total. The maximum absolute atomic E-state index is 13.6. The van der Waals surface area contributed by atoms with Crippen molar-refractivity contribution >= 4 is 33.5 Å². The number of fused-ring (bicyclic) bond motifs is 1. The minimum atomic E-state index is -0.358. The number of amidine groups is 1. The van der Waals surface area contributed by atoms with Gasteiger partial charge >= 0.3 is 0 Å². The van der Waals surface area contributed by atoms with E-state index in [2.05, 4.69) is 15.3 Å². The molecule has 0 aliphatic carbocycles. The predicted molar refractivity (Wildman–Crippen MR) is 67.6 cm³/mol. The molecule has 0 fully saturated rings. The Morgan fingerprint density at radius 2 is 2.41 bits per heavy atom. The van der Waals surface area contributed by atoms with Crippen LogP contribution in [0.1, 0.15) is 0 Å². The quantitative estimate of drug-likeness (QED) is 0.353. The molecule has 1 aromatic heterocycles. The van der Waals surface area contributed by atoms with Crippen LogP contribution in [-0.2, 0) is 0 Å². The average Bonchev–Trinajstić information content (AvgIpc) is 2.77. The maximum Gasteiger partial charge on any atom is 0.183 e. The second-order valence-corrected chi connectivity index (χ2v) is 4.02. The summed E-state index contributed by atoms with van der Waals surface area (Å²) in [6, 6.07) is 4.85. The number of halogens is 1. The summed E-state index contributed by atoms with van der Waals surface area (Å²) in [7, 11) is 0. The molecule has 4 nitrogen and oxygen atoms in total. The molecule has 0 aliphatic heterocycles. The topological polar surface area (TPSA) is 64.0 Å². The van der Waals surface area contributed by atoms with Gasteiger partial charge in [0.15, 0.2) is 11.4 Å². The predicted octanol–water partition coefficient (Wildman–Crippen LogP) is 2.73. The monoisotopic (exact) mass is 248 g/mol. The van der Waals surface area contributed by atoms with Crippen molar-refractivity contribution in [2.75, 3.05) is 6.26 Å². The smallest absolute Gasteiger partial charge is 0.183 e. The second-order valence-electron chi connectivity index (χ2n) is 3.23. The number of aromatic amines is 1. The van der Waals surface area contributed by atoms with Gasteiger partial charge in [0, 0.05) is 17.6 Å². The summed E-state index contributed by atoms with van der Waals surface area (Å²) in [4.78, 5) is 6.96. The zero-order valence-corrected chi connectivity index (χ0v) is 9.81. The molecule has 17 heavy (non-hydrogen) atoms. The third-order valence-electron chi connectivity index (χ3n) is 2.18. The average molecular weight is 248 g/mol. The van der Waals surface area contributed by atoms with Gasteiger partial charge in [-0.25, -0.2) is 9.38 Å². The van der Waals surface area contributed by atoms with Gasteiger partial charge in [0.1, 0.15) is 5.82 Å². The summed E-state index contributed by atoms with van der Waals surface area (Å²) in [5, 5.41) is 12.1. The van der Waals surface area contributed by atoms with Crippen molar-refractivity contribution in [1.82, 2.24) is 10.3 Å². The first kappa shape index (κ1) is 11.5. The molecule has 0 aliphatic rings. The van der Waals surface area contributed by atoms with Gasteiger partial charge in [0.25, 0.3) is 0 Å². The standard InChI is InChI=1S/C11H9FN4S/c1-17-11(15-6-13)16-8-4-7-2-3-14-10(7)9(12)5-8/h2-5,14H,1H3,(H,15,16). The van der Waals surface area contributed by atoms with Crippen molar-refractivity contribution in [2.45, 2.75) is 0 Å². The van der Waals surface area contributed by atoms with E-state index in [-0.39, 0.29) is 5.82 Å². The lowest BCUT2D eigenvalue weighted by Gasteiger charge is -2.01. The highest BCUT2D eigenvalue weighted by Gasteiger charge is 2.05. The Balaban J connectivity index is 2.45. The number of nitrogens with zero attached hydrogens (tertiary/aromatic N) is 2. The normalized spacial score (nSPS) is 11.5. The highest BCUT2D eigenvalue weighted by Crippen LogP contribution is 2.24. The van der Waals surface area contributed by atoms with Crippen LogP contribution in [0.25, 0.3) is 10.9 Å². The molecule has 1 heterocycles. The number of nitrogens with one attached hydrogen (secondary N) is 2. The highest BCUT2D eigenvalue weighted by atomic mass is 32.2. The van der Waals surface area contributed by atoms with Crippen LogP contribution in [0.4, 0.5) is 10.1 Å². The van der Waals surface area contributed by atoms with E-state index in [4.69, 9.17) is 5.26 Å². The number of benzene rings is 1. The summed E-state index contributed by atoms with van der Waals surface area (Å²) in [6.45, 7) is 0. The highest BCUT2D eigenvalue weighted by molar-refractivity contribution is 8.13. The molecule has 0 saturated heterocycles. The van der Waals surface area contributed by atoms with E-state index in [1.807, 2.05) is 0 Å². The number of aliphatic imine (C=N–C) groups is 1. The Morgan fingerprint density at radius 3 is 3.12 bits per heavy atom. The third kappa shape index (κ3) is 2.40. The van der Waals surface area contributed by atoms with Gasteiger partial charge in [-0.15, -0.1) is 0 Å². The van der Waals surface area contributed by atoms with Gasteiger partial charge in [-0.1, -0.05) is 11.8 Å². The van der Waals surface area contributed by atoms with Crippen molar-refractivity contribution in [2.24, 2.45) is 4.99 Å².